The molecule has 3 heterocycles. The molecule has 1 aliphatic rings. The SMILES string of the molecule is CCOC(=O)C(C)Oc1ccc(SCc2sc(-c3ccc(C(F)(F)F)cc3)nc2CN2CCN(c3cnccn3)CC2)cc1C. The van der Waals surface area contributed by atoms with Crippen LogP contribution in [0.3, 0.4) is 0 Å². The fraction of sp³-hybridized carbons (Fsp3) is 0.375. The topological polar surface area (TPSA) is 80.7 Å². The zero-order chi connectivity index (χ0) is 32.0. The van der Waals surface area contributed by atoms with E-state index >= 15 is 0 Å². The van der Waals surface area contributed by atoms with Crippen molar-refractivity contribution >= 4 is 34.9 Å². The van der Waals surface area contributed by atoms with Crippen molar-refractivity contribution in [3.8, 4) is 16.3 Å². The molecule has 0 amide bonds. The van der Waals surface area contributed by atoms with Crippen molar-refractivity contribution in [3.63, 3.8) is 0 Å². The largest absolute Gasteiger partial charge is 0.479 e. The van der Waals surface area contributed by atoms with E-state index in [4.69, 9.17) is 14.5 Å². The number of halogens is 3. The van der Waals surface area contributed by atoms with Crippen molar-refractivity contribution in [1.82, 2.24) is 19.9 Å². The molecular weight excluding hydrogens is 624 g/mol. The first-order valence-corrected chi connectivity index (χ1v) is 16.4. The van der Waals surface area contributed by atoms with Crippen LogP contribution in [-0.4, -0.2) is 64.7 Å². The summed E-state index contributed by atoms with van der Waals surface area (Å²) >= 11 is 3.16. The van der Waals surface area contributed by atoms with Gasteiger partial charge >= 0.3 is 12.1 Å². The first-order valence-electron chi connectivity index (χ1n) is 14.6. The lowest BCUT2D eigenvalue weighted by Gasteiger charge is -2.35. The third-order valence-electron chi connectivity index (χ3n) is 7.30. The minimum atomic E-state index is -4.39. The molecule has 1 atom stereocenters. The predicted octanol–water partition coefficient (Wildman–Crippen LogP) is 6.87. The Morgan fingerprint density at radius 1 is 1.09 bits per heavy atom. The number of aryl methyl sites for hydroxylation is 1. The molecule has 1 unspecified atom stereocenters. The summed E-state index contributed by atoms with van der Waals surface area (Å²) < 4.78 is 50.4. The molecule has 8 nitrogen and oxygen atoms in total. The fourth-order valence-corrected chi connectivity index (χ4v) is 7.01. The van der Waals surface area contributed by atoms with Gasteiger partial charge in [-0.2, -0.15) is 13.2 Å². The highest BCUT2D eigenvalue weighted by Crippen LogP contribution is 2.36. The summed E-state index contributed by atoms with van der Waals surface area (Å²) in [6, 6.07) is 11.0. The van der Waals surface area contributed by atoms with Crippen LogP contribution in [0.4, 0.5) is 19.0 Å². The normalized spacial score (nSPS) is 14.8. The van der Waals surface area contributed by atoms with E-state index in [1.165, 1.54) is 23.5 Å². The third-order valence-corrected chi connectivity index (χ3v) is 9.64. The second kappa shape index (κ2) is 14.6. The van der Waals surface area contributed by atoms with Crippen molar-refractivity contribution in [1.29, 1.82) is 0 Å². The average Bonchev–Trinajstić information content (AvgIpc) is 3.44. The van der Waals surface area contributed by atoms with Gasteiger partial charge in [-0.1, -0.05) is 12.1 Å². The van der Waals surface area contributed by atoms with E-state index in [0.717, 1.165) is 65.2 Å². The maximum atomic E-state index is 13.2. The van der Waals surface area contributed by atoms with Gasteiger partial charge < -0.3 is 14.4 Å². The first kappa shape index (κ1) is 32.7. The minimum absolute atomic E-state index is 0.292. The van der Waals surface area contributed by atoms with Crippen LogP contribution in [0.1, 0.15) is 35.5 Å². The van der Waals surface area contributed by atoms with Crippen LogP contribution in [0.25, 0.3) is 10.6 Å². The Kier molecular flexibility index (Phi) is 10.6. The highest BCUT2D eigenvalue weighted by molar-refractivity contribution is 7.98. The molecule has 1 aliphatic heterocycles. The monoisotopic (exact) mass is 657 g/mol. The molecule has 0 bridgehead atoms. The highest BCUT2D eigenvalue weighted by atomic mass is 32.2. The number of piperazine rings is 1. The van der Waals surface area contributed by atoms with Crippen molar-refractivity contribution in [2.75, 3.05) is 37.7 Å². The minimum Gasteiger partial charge on any atom is -0.479 e. The summed E-state index contributed by atoms with van der Waals surface area (Å²) in [4.78, 5) is 32.1. The number of thioether (sulfide) groups is 1. The van der Waals surface area contributed by atoms with E-state index in [-0.39, 0.29) is 0 Å². The second-order valence-corrected chi connectivity index (χ2v) is 12.7. The van der Waals surface area contributed by atoms with E-state index in [1.807, 2.05) is 25.1 Å². The lowest BCUT2D eigenvalue weighted by atomic mass is 10.1. The van der Waals surface area contributed by atoms with Crippen LogP contribution in [0.2, 0.25) is 0 Å². The number of anilines is 1. The van der Waals surface area contributed by atoms with Crippen molar-refractivity contribution in [3.05, 3.63) is 82.8 Å². The van der Waals surface area contributed by atoms with E-state index in [2.05, 4.69) is 19.8 Å². The van der Waals surface area contributed by atoms with Gasteiger partial charge in [-0.3, -0.25) is 9.88 Å². The number of carbonyl (C=O) groups is 1. The van der Waals surface area contributed by atoms with Crippen LogP contribution >= 0.6 is 23.1 Å². The molecular formula is C32H34F3N5O3S2. The van der Waals surface area contributed by atoms with Gasteiger partial charge in [0.25, 0.3) is 0 Å². The molecule has 0 aliphatic carbocycles. The summed E-state index contributed by atoms with van der Waals surface area (Å²) in [6.45, 7) is 9.53. The van der Waals surface area contributed by atoms with E-state index < -0.39 is 23.8 Å². The van der Waals surface area contributed by atoms with Crippen LogP contribution in [0.5, 0.6) is 5.75 Å². The molecule has 4 aromatic rings. The van der Waals surface area contributed by atoms with E-state index in [1.54, 1.807) is 44.2 Å². The molecule has 0 saturated carbocycles. The quantitative estimate of drug-likeness (QED) is 0.127. The molecule has 0 radical (unpaired) electrons. The second-order valence-electron chi connectivity index (χ2n) is 10.5. The smallest absolute Gasteiger partial charge is 0.416 e. The van der Waals surface area contributed by atoms with Gasteiger partial charge in [-0.05, 0) is 56.7 Å². The van der Waals surface area contributed by atoms with Gasteiger partial charge in [0.15, 0.2) is 6.10 Å². The molecule has 238 valence electrons. The van der Waals surface area contributed by atoms with Gasteiger partial charge in [-0.15, -0.1) is 23.1 Å². The summed E-state index contributed by atoms with van der Waals surface area (Å²) in [7, 11) is 0. The predicted molar refractivity (Wildman–Crippen MR) is 170 cm³/mol. The van der Waals surface area contributed by atoms with Gasteiger partial charge in [0.05, 0.1) is 24.1 Å². The van der Waals surface area contributed by atoms with Crippen LogP contribution in [0.15, 0.2) is 66.0 Å². The lowest BCUT2D eigenvalue weighted by molar-refractivity contribution is -0.150. The van der Waals surface area contributed by atoms with Gasteiger partial charge in [-0.25, -0.2) is 14.8 Å². The van der Waals surface area contributed by atoms with Crippen molar-refractivity contribution in [2.45, 2.75) is 50.2 Å². The highest BCUT2D eigenvalue weighted by Gasteiger charge is 2.30. The number of benzene rings is 2. The number of rotatable bonds is 11. The number of hydrogen-bond acceptors (Lipinski definition) is 10. The number of alkyl halides is 3. The number of carbonyl (C=O) groups excluding carboxylic acids is 1. The molecule has 0 spiro atoms. The molecule has 1 saturated heterocycles. The van der Waals surface area contributed by atoms with Crippen LogP contribution in [0, 0.1) is 6.92 Å². The molecule has 5 rings (SSSR count). The van der Waals surface area contributed by atoms with E-state index in [9.17, 15) is 18.0 Å². The zero-order valence-electron chi connectivity index (χ0n) is 25.2. The molecule has 45 heavy (non-hydrogen) atoms. The van der Waals surface area contributed by atoms with Crippen molar-refractivity contribution < 1.29 is 27.4 Å². The van der Waals surface area contributed by atoms with Crippen LogP contribution in [-0.2, 0) is 28.0 Å². The Labute approximate surface area is 268 Å². The molecule has 2 aromatic heterocycles. The fourth-order valence-electron chi connectivity index (χ4n) is 4.84. The summed E-state index contributed by atoms with van der Waals surface area (Å²) in [5, 5.41) is 0.695. The Bertz CT molecular complexity index is 1580. The molecule has 0 N–H and O–H groups in total. The number of hydrogen-bond donors (Lipinski definition) is 0. The third kappa shape index (κ3) is 8.53. The summed E-state index contributed by atoms with van der Waals surface area (Å²) in [5.74, 6) is 1.71. The lowest BCUT2D eigenvalue weighted by Crippen LogP contribution is -2.46. The van der Waals surface area contributed by atoms with Gasteiger partial charge in [0.2, 0.25) is 0 Å². The molecule has 13 heteroatoms. The molecule has 2 aromatic carbocycles. The maximum absolute atomic E-state index is 13.2. The van der Waals surface area contributed by atoms with Gasteiger partial charge in [0.1, 0.15) is 16.6 Å². The van der Waals surface area contributed by atoms with E-state index in [0.29, 0.717) is 35.2 Å². The summed E-state index contributed by atoms with van der Waals surface area (Å²) in [6.07, 6.45) is 0.00963. The standard InChI is InChI=1S/C32H34F3N5O3S2/c1-4-42-31(41)22(3)43-27-10-9-25(17-21(27)2)44-20-28-26(19-39-13-15-40(16-14-39)29-18-36-11-12-37-29)38-30(45-28)23-5-7-24(8-6-23)32(33,34)35/h5-12,17-18,22H,4,13-16,19-20H2,1-3H3. The summed E-state index contributed by atoms with van der Waals surface area (Å²) in [5.41, 5.74) is 1.80. The first-order chi connectivity index (χ1) is 21.6. The Hall–Kier alpha value is -3.68. The number of nitrogens with zero attached hydrogens (tertiary/aromatic N) is 5. The molecule has 1 fully saturated rings. The number of ether oxygens (including phenoxy) is 2. The Morgan fingerprint density at radius 3 is 2.49 bits per heavy atom. The van der Waals surface area contributed by atoms with Gasteiger partial charge in [0, 0.05) is 66.2 Å². The Morgan fingerprint density at radius 2 is 1.84 bits per heavy atom. The van der Waals surface area contributed by atoms with Crippen molar-refractivity contribution in [2.24, 2.45) is 0 Å². The maximum Gasteiger partial charge on any atom is 0.416 e. The Balaban J connectivity index is 1.30. The number of esters is 1. The number of aromatic nitrogens is 3. The average molecular weight is 658 g/mol. The zero-order valence-corrected chi connectivity index (χ0v) is 26.8. The van der Waals surface area contributed by atoms with Crippen LogP contribution < -0.4 is 9.64 Å². The number of thiazole rings is 1.